The number of halogens is 1. The summed E-state index contributed by atoms with van der Waals surface area (Å²) in [7, 11) is 0. The number of benzene rings is 4. The zero-order valence-corrected chi connectivity index (χ0v) is 24.7. The van der Waals surface area contributed by atoms with Crippen molar-refractivity contribution in [1.29, 1.82) is 0 Å². The van der Waals surface area contributed by atoms with Crippen LogP contribution in [-0.4, -0.2) is 55.6 Å². The summed E-state index contributed by atoms with van der Waals surface area (Å²) in [6, 6.07) is 17.6. The van der Waals surface area contributed by atoms with Crippen LogP contribution < -0.4 is 22.1 Å². The number of nitro benzene ring substituents is 2. The molecule has 0 spiro atoms. The van der Waals surface area contributed by atoms with Crippen LogP contribution >= 0.6 is 11.6 Å². The minimum absolute atomic E-state index is 0.0302. The van der Waals surface area contributed by atoms with Gasteiger partial charge in [0.1, 0.15) is 23.5 Å². The number of rotatable bonds is 11. The van der Waals surface area contributed by atoms with Gasteiger partial charge in [-0.1, -0.05) is 70.4 Å². The van der Waals surface area contributed by atoms with Crippen LogP contribution in [0, 0.1) is 20.2 Å². The number of hydrogen-bond acceptors (Lipinski definition) is 12. The summed E-state index contributed by atoms with van der Waals surface area (Å²) in [4.78, 5) is 48.0. The van der Waals surface area contributed by atoms with E-state index in [1.54, 1.807) is 42.5 Å². The molecule has 0 saturated carbocycles. The van der Waals surface area contributed by atoms with E-state index in [2.05, 4.69) is 20.9 Å². The molecular formula is C30H25ClN8O8. The smallest absolute Gasteiger partial charge is 0.270 e. The van der Waals surface area contributed by atoms with Crippen molar-refractivity contribution in [3.63, 3.8) is 0 Å². The van der Waals surface area contributed by atoms with E-state index in [-0.39, 0.29) is 50.2 Å². The Morgan fingerprint density at radius 2 is 1.13 bits per heavy atom. The molecule has 0 aromatic heterocycles. The van der Waals surface area contributed by atoms with Gasteiger partial charge in [-0.15, -0.1) is 0 Å². The average Bonchev–Trinajstić information content (AvgIpc) is 3.07. The van der Waals surface area contributed by atoms with Crippen LogP contribution in [0.25, 0.3) is 0 Å². The molecule has 4 rings (SSSR count). The minimum atomic E-state index is -1.71. The Morgan fingerprint density at radius 1 is 0.681 bits per heavy atom. The molecule has 0 fully saturated rings. The van der Waals surface area contributed by atoms with Crippen molar-refractivity contribution in [2.75, 3.05) is 10.6 Å². The maximum absolute atomic E-state index is 13.2. The van der Waals surface area contributed by atoms with Crippen LogP contribution in [0.5, 0.6) is 0 Å². The molecule has 8 N–H and O–H groups in total. The fraction of sp³-hybridized carbons (Fsp3) is 0.0667. The van der Waals surface area contributed by atoms with E-state index in [9.17, 15) is 40.2 Å². The van der Waals surface area contributed by atoms with Gasteiger partial charge in [-0.2, -0.15) is 0 Å². The number of carbonyl (C=O) groups is 2. The van der Waals surface area contributed by atoms with Crippen LogP contribution in [0.1, 0.15) is 22.3 Å². The maximum Gasteiger partial charge on any atom is 0.270 e. The third kappa shape index (κ3) is 7.54. The van der Waals surface area contributed by atoms with Crippen molar-refractivity contribution in [1.82, 2.24) is 0 Å². The lowest BCUT2D eigenvalue weighted by atomic mass is 9.99. The number of anilines is 2. The highest BCUT2D eigenvalue weighted by Gasteiger charge is 2.30. The van der Waals surface area contributed by atoms with E-state index < -0.39 is 39.4 Å². The summed E-state index contributed by atoms with van der Waals surface area (Å²) < 4.78 is 0. The molecule has 0 aliphatic carbocycles. The standard InChI is InChI=1S/C30H25ClN8O8/c31-22-9-5-4-8-19(22)28(37-43)21-15-18(39(46)47)11-13-24(21)35-30(41)26(33)25(32)29(40)34-23-12-10-17(38(44)45)14-20(23)27(36-42)16-6-2-1-3-7-16/h1-15,25-26,42-43H,32-33H2,(H,34,40)(H,35,41). The highest BCUT2D eigenvalue weighted by atomic mass is 35.5. The molecule has 2 unspecified atom stereocenters. The zero-order chi connectivity index (χ0) is 34.2. The average molecular weight is 661 g/mol. The molecule has 2 amide bonds. The van der Waals surface area contributed by atoms with Gasteiger partial charge < -0.3 is 32.5 Å². The number of carbonyl (C=O) groups excluding carboxylic acids is 2. The second-order valence-electron chi connectivity index (χ2n) is 9.75. The fourth-order valence-electron chi connectivity index (χ4n) is 4.43. The van der Waals surface area contributed by atoms with Crippen molar-refractivity contribution in [3.8, 4) is 0 Å². The number of nitrogens with zero attached hydrogens (tertiary/aromatic N) is 4. The SMILES string of the molecule is NC(C(=O)Nc1ccc([N+](=O)[O-])cc1C(=NO)c1ccccc1)C(N)C(=O)Nc1ccc([N+](=O)[O-])cc1C(=NO)c1ccccc1Cl. The van der Waals surface area contributed by atoms with Crippen LogP contribution in [0.3, 0.4) is 0 Å². The fourth-order valence-corrected chi connectivity index (χ4v) is 4.65. The van der Waals surface area contributed by atoms with E-state index in [4.69, 9.17) is 23.1 Å². The number of nitrogens with two attached hydrogens (primary N) is 2. The van der Waals surface area contributed by atoms with E-state index in [1.165, 1.54) is 24.3 Å². The van der Waals surface area contributed by atoms with E-state index >= 15 is 0 Å². The molecule has 0 heterocycles. The lowest BCUT2D eigenvalue weighted by molar-refractivity contribution is -0.385. The molecule has 0 bridgehead atoms. The molecule has 16 nitrogen and oxygen atoms in total. The molecule has 0 aliphatic rings. The molecular weight excluding hydrogens is 636 g/mol. The summed E-state index contributed by atoms with van der Waals surface area (Å²) in [6.07, 6.45) is 0. The molecule has 4 aromatic rings. The molecule has 0 saturated heterocycles. The van der Waals surface area contributed by atoms with E-state index in [0.717, 1.165) is 24.3 Å². The van der Waals surface area contributed by atoms with Crippen LogP contribution in [0.2, 0.25) is 5.02 Å². The summed E-state index contributed by atoms with van der Waals surface area (Å²) in [6.45, 7) is 0. The lowest BCUT2D eigenvalue weighted by Crippen LogP contribution is -2.55. The van der Waals surface area contributed by atoms with Crippen molar-refractivity contribution in [2.24, 2.45) is 21.8 Å². The van der Waals surface area contributed by atoms with Gasteiger partial charge in [0.05, 0.1) is 26.2 Å². The first-order valence-electron chi connectivity index (χ1n) is 13.4. The first-order valence-corrected chi connectivity index (χ1v) is 13.8. The van der Waals surface area contributed by atoms with Gasteiger partial charge >= 0.3 is 0 Å². The number of oxime groups is 2. The number of nitrogens with one attached hydrogen (secondary N) is 2. The van der Waals surface area contributed by atoms with Gasteiger partial charge in [0.25, 0.3) is 11.4 Å². The summed E-state index contributed by atoms with van der Waals surface area (Å²) in [5.41, 5.74) is 11.3. The largest absolute Gasteiger partial charge is 0.410 e. The molecule has 2 atom stereocenters. The monoisotopic (exact) mass is 660 g/mol. The third-order valence-electron chi connectivity index (χ3n) is 6.82. The van der Waals surface area contributed by atoms with E-state index in [0.29, 0.717) is 5.56 Å². The zero-order valence-electron chi connectivity index (χ0n) is 24.0. The Morgan fingerprint density at radius 3 is 1.57 bits per heavy atom. The summed E-state index contributed by atoms with van der Waals surface area (Å²) >= 11 is 6.25. The topological polar surface area (TPSA) is 262 Å². The van der Waals surface area contributed by atoms with Crippen LogP contribution in [0.4, 0.5) is 22.7 Å². The van der Waals surface area contributed by atoms with Gasteiger partial charge in [-0.25, -0.2) is 0 Å². The summed E-state index contributed by atoms with van der Waals surface area (Å²) in [5.74, 6) is -1.98. The van der Waals surface area contributed by atoms with Crippen molar-refractivity contribution >= 4 is 57.6 Å². The summed E-state index contributed by atoms with van der Waals surface area (Å²) in [5, 5.41) is 54.2. The van der Waals surface area contributed by atoms with Crippen LogP contribution in [0.15, 0.2) is 101 Å². The number of non-ortho nitro benzene ring substituents is 2. The molecule has 47 heavy (non-hydrogen) atoms. The first-order chi connectivity index (χ1) is 22.5. The number of nitro groups is 2. The Kier molecular flexibility index (Phi) is 10.5. The molecule has 17 heteroatoms. The predicted molar refractivity (Wildman–Crippen MR) is 172 cm³/mol. The highest BCUT2D eigenvalue weighted by Crippen LogP contribution is 2.29. The van der Waals surface area contributed by atoms with Gasteiger partial charge in [0.2, 0.25) is 11.8 Å². The second kappa shape index (κ2) is 14.7. The second-order valence-corrected chi connectivity index (χ2v) is 10.2. The number of amides is 2. The van der Waals surface area contributed by atoms with Crippen molar-refractivity contribution in [3.05, 3.63) is 139 Å². The van der Waals surface area contributed by atoms with E-state index in [1.807, 2.05) is 0 Å². The van der Waals surface area contributed by atoms with Gasteiger partial charge in [-0.05, 0) is 18.2 Å². The molecule has 0 radical (unpaired) electrons. The quantitative estimate of drug-likeness (QED) is 0.0585. The van der Waals surface area contributed by atoms with Gasteiger partial charge in [-0.3, -0.25) is 29.8 Å². The molecule has 0 aliphatic heterocycles. The Balaban J connectivity index is 1.62. The highest BCUT2D eigenvalue weighted by molar-refractivity contribution is 6.36. The Labute approximate surface area is 270 Å². The molecule has 240 valence electrons. The Bertz CT molecular complexity index is 1920. The minimum Gasteiger partial charge on any atom is -0.410 e. The number of hydrogen-bond donors (Lipinski definition) is 6. The van der Waals surface area contributed by atoms with Crippen LogP contribution in [-0.2, 0) is 9.59 Å². The van der Waals surface area contributed by atoms with Gasteiger partial charge in [0.15, 0.2) is 0 Å². The molecule has 4 aromatic carbocycles. The van der Waals surface area contributed by atoms with Gasteiger partial charge in [0, 0.05) is 46.5 Å². The third-order valence-corrected chi connectivity index (χ3v) is 7.15. The maximum atomic E-state index is 13.2. The predicted octanol–water partition coefficient (Wildman–Crippen LogP) is 3.84. The Hall–Kier alpha value is -6.23. The normalized spacial score (nSPS) is 12.9. The van der Waals surface area contributed by atoms with Crippen molar-refractivity contribution < 1.29 is 29.9 Å². The first kappa shape index (κ1) is 33.7. The lowest BCUT2D eigenvalue weighted by Gasteiger charge is -2.21. The van der Waals surface area contributed by atoms with Crippen molar-refractivity contribution in [2.45, 2.75) is 12.1 Å².